The summed E-state index contributed by atoms with van der Waals surface area (Å²) in [6, 6.07) is 13.5. The van der Waals surface area contributed by atoms with Gasteiger partial charge in [0.15, 0.2) is 0 Å². The third kappa shape index (κ3) is 2.93. The van der Waals surface area contributed by atoms with Gasteiger partial charge in [-0.3, -0.25) is 9.78 Å². The van der Waals surface area contributed by atoms with Gasteiger partial charge in [-0.1, -0.05) is 18.2 Å². The van der Waals surface area contributed by atoms with Crippen molar-refractivity contribution in [2.75, 3.05) is 17.3 Å². The highest BCUT2D eigenvalue weighted by Gasteiger charge is 2.28. The van der Waals surface area contributed by atoms with Gasteiger partial charge in [-0.15, -0.1) is 11.6 Å². The van der Waals surface area contributed by atoms with Crippen LogP contribution in [-0.4, -0.2) is 23.3 Å². The number of nitrogens with zero attached hydrogens (tertiary/aromatic N) is 2. The van der Waals surface area contributed by atoms with Crippen molar-refractivity contribution in [3.63, 3.8) is 0 Å². The fourth-order valence-electron chi connectivity index (χ4n) is 2.80. The maximum absolute atomic E-state index is 12.8. The number of fused-ring (bicyclic) bond motifs is 1. The van der Waals surface area contributed by atoms with Crippen LogP contribution in [0.1, 0.15) is 22.5 Å². The molecular weight excluding hydrogens is 284 g/mol. The van der Waals surface area contributed by atoms with Crippen LogP contribution in [0.2, 0.25) is 0 Å². The molecule has 0 N–H and O–H groups in total. The van der Waals surface area contributed by atoms with Crippen LogP contribution < -0.4 is 4.90 Å². The second-order valence-electron chi connectivity index (χ2n) is 5.30. The van der Waals surface area contributed by atoms with Gasteiger partial charge in [0.25, 0.3) is 5.91 Å². The van der Waals surface area contributed by atoms with E-state index in [-0.39, 0.29) is 5.91 Å². The smallest absolute Gasteiger partial charge is 0.260 e. The molecule has 3 nitrogen and oxygen atoms in total. The molecule has 1 unspecified atom stereocenters. The Balaban J connectivity index is 2.02. The van der Waals surface area contributed by atoms with Crippen molar-refractivity contribution in [1.29, 1.82) is 0 Å². The number of benzene rings is 1. The lowest BCUT2D eigenvalue weighted by Gasteiger charge is -2.24. The fraction of sp³-hybridized carbons (Fsp3) is 0.294. The lowest BCUT2D eigenvalue weighted by Crippen LogP contribution is -2.33. The van der Waals surface area contributed by atoms with Gasteiger partial charge in [0.05, 0.1) is 11.3 Å². The molecule has 1 aromatic carbocycles. The van der Waals surface area contributed by atoms with Gasteiger partial charge in [-0.2, -0.15) is 0 Å². The molecule has 1 aliphatic rings. The fourth-order valence-corrected chi connectivity index (χ4v) is 3.11. The van der Waals surface area contributed by atoms with E-state index in [1.54, 1.807) is 6.20 Å². The molecule has 0 spiro atoms. The molecule has 0 saturated heterocycles. The quantitative estimate of drug-likeness (QED) is 0.813. The first kappa shape index (κ1) is 14.1. The Morgan fingerprint density at radius 1 is 1.19 bits per heavy atom. The zero-order valence-corrected chi connectivity index (χ0v) is 12.5. The summed E-state index contributed by atoms with van der Waals surface area (Å²) >= 11 is 5.92. The number of alkyl halides is 1. The molecule has 108 valence electrons. The summed E-state index contributed by atoms with van der Waals surface area (Å²) in [5, 5.41) is 0. The van der Waals surface area contributed by atoms with Crippen molar-refractivity contribution in [3.05, 3.63) is 59.9 Å². The number of amides is 1. The van der Waals surface area contributed by atoms with Crippen LogP contribution in [-0.2, 0) is 6.42 Å². The topological polar surface area (TPSA) is 33.2 Å². The number of anilines is 1. The normalized spacial score (nSPS) is 18.2. The van der Waals surface area contributed by atoms with Crippen molar-refractivity contribution < 1.29 is 4.79 Å². The minimum Gasteiger partial charge on any atom is -0.308 e. The van der Waals surface area contributed by atoms with Crippen LogP contribution in [0.25, 0.3) is 0 Å². The van der Waals surface area contributed by atoms with Gasteiger partial charge in [-0.05, 0) is 43.0 Å². The lowest BCUT2D eigenvalue weighted by molar-refractivity contribution is 0.0986. The van der Waals surface area contributed by atoms with E-state index in [2.05, 4.69) is 4.98 Å². The van der Waals surface area contributed by atoms with Crippen molar-refractivity contribution >= 4 is 23.2 Å². The Morgan fingerprint density at radius 3 is 2.76 bits per heavy atom. The van der Waals surface area contributed by atoms with Crippen LogP contribution in [0.15, 0.2) is 48.7 Å². The van der Waals surface area contributed by atoms with Crippen LogP contribution in [0.5, 0.6) is 0 Å². The highest BCUT2D eigenvalue weighted by atomic mass is 35.5. The van der Waals surface area contributed by atoms with Gasteiger partial charge in [0.1, 0.15) is 0 Å². The molecule has 2 heterocycles. The molecule has 4 heteroatoms. The Labute approximate surface area is 129 Å². The van der Waals surface area contributed by atoms with Gasteiger partial charge < -0.3 is 4.90 Å². The molecule has 0 bridgehead atoms. The second-order valence-corrected chi connectivity index (χ2v) is 5.67. The van der Waals surface area contributed by atoms with E-state index in [1.807, 2.05) is 47.4 Å². The molecule has 1 aromatic heterocycles. The molecule has 0 aliphatic carbocycles. The first-order valence-electron chi connectivity index (χ1n) is 7.16. The maximum Gasteiger partial charge on any atom is 0.260 e. The summed E-state index contributed by atoms with van der Waals surface area (Å²) in [7, 11) is 0. The lowest BCUT2D eigenvalue weighted by atomic mass is 9.99. The van der Waals surface area contributed by atoms with Crippen LogP contribution in [0.4, 0.5) is 5.69 Å². The third-order valence-electron chi connectivity index (χ3n) is 3.87. The minimum absolute atomic E-state index is 0.0290. The molecule has 1 aliphatic heterocycles. The summed E-state index contributed by atoms with van der Waals surface area (Å²) in [5.74, 6) is 0.966. The van der Waals surface area contributed by atoms with Crippen LogP contribution >= 0.6 is 11.6 Å². The molecule has 2 aromatic rings. The third-order valence-corrected chi connectivity index (χ3v) is 4.09. The Morgan fingerprint density at radius 2 is 2.00 bits per heavy atom. The Kier molecular flexibility index (Phi) is 4.20. The van der Waals surface area contributed by atoms with Crippen LogP contribution in [0, 0.1) is 5.92 Å². The van der Waals surface area contributed by atoms with E-state index in [4.69, 9.17) is 11.6 Å². The van der Waals surface area contributed by atoms with Crippen molar-refractivity contribution in [2.45, 2.75) is 12.8 Å². The predicted molar refractivity (Wildman–Crippen MR) is 84.9 cm³/mol. The molecule has 21 heavy (non-hydrogen) atoms. The molecule has 0 saturated carbocycles. The minimum atomic E-state index is 0.0290. The highest BCUT2D eigenvalue weighted by Crippen LogP contribution is 2.26. The zero-order chi connectivity index (χ0) is 14.7. The number of pyridine rings is 1. The number of para-hydroxylation sites is 1. The number of carbonyl (C=O) groups excluding carboxylic acids is 1. The maximum atomic E-state index is 12.8. The molecule has 1 amide bonds. The number of halogens is 1. The molecule has 0 radical (unpaired) electrons. The number of rotatable bonds is 3. The Hall–Kier alpha value is -1.87. The number of aromatic nitrogens is 1. The molecular formula is C17H17ClN2O. The summed E-state index contributed by atoms with van der Waals surface area (Å²) in [6.45, 7) is 0.686. The van der Waals surface area contributed by atoms with E-state index < -0.39 is 0 Å². The summed E-state index contributed by atoms with van der Waals surface area (Å²) < 4.78 is 0. The first-order valence-corrected chi connectivity index (χ1v) is 7.70. The van der Waals surface area contributed by atoms with E-state index >= 15 is 0 Å². The molecule has 1 atom stereocenters. The van der Waals surface area contributed by atoms with Gasteiger partial charge in [0, 0.05) is 24.3 Å². The van der Waals surface area contributed by atoms with E-state index in [9.17, 15) is 4.79 Å². The second kappa shape index (κ2) is 6.27. The summed E-state index contributed by atoms with van der Waals surface area (Å²) in [5.41, 5.74) is 2.52. The summed E-state index contributed by atoms with van der Waals surface area (Å²) in [6.07, 6.45) is 3.44. The van der Waals surface area contributed by atoms with Gasteiger partial charge in [-0.25, -0.2) is 0 Å². The van der Waals surface area contributed by atoms with E-state index in [1.165, 1.54) is 0 Å². The molecule has 3 rings (SSSR count). The van der Waals surface area contributed by atoms with Gasteiger partial charge in [0.2, 0.25) is 0 Å². The zero-order valence-electron chi connectivity index (χ0n) is 11.7. The largest absolute Gasteiger partial charge is 0.308 e. The number of carbonyl (C=O) groups is 1. The predicted octanol–water partition coefficient (Wildman–Crippen LogP) is 3.53. The standard InChI is InChI=1S/C17H17ClN2O/c18-9-8-13-11-16-15(7-4-10-19-16)17(21)20(12-13)14-5-2-1-3-6-14/h1-7,10,13H,8-9,11-12H2. The van der Waals surface area contributed by atoms with Crippen molar-refractivity contribution in [1.82, 2.24) is 4.98 Å². The number of hydrogen-bond donors (Lipinski definition) is 0. The highest BCUT2D eigenvalue weighted by molar-refractivity contribution is 6.17. The van der Waals surface area contributed by atoms with Crippen molar-refractivity contribution in [2.24, 2.45) is 5.92 Å². The van der Waals surface area contributed by atoms with Crippen molar-refractivity contribution in [3.8, 4) is 0 Å². The monoisotopic (exact) mass is 300 g/mol. The first-order chi connectivity index (χ1) is 10.3. The number of hydrogen-bond acceptors (Lipinski definition) is 2. The Bertz CT molecular complexity index is 630. The summed E-state index contributed by atoms with van der Waals surface area (Å²) in [4.78, 5) is 19.1. The van der Waals surface area contributed by atoms with Crippen LogP contribution in [0.3, 0.4) is 0 Å². The SMILES string of the molecule is O=C1c2cccnc2CC(CCCl)CN1c1ccccc1. The average molecular weight is 301 g/mol. The van der Waals surface area contributed by atoms with Gasteiger partial charge >= 0.3 is 0 Å². The average Bonchev–Trinajstić information content (AvgIpc) is 2.66. The van der Waals surface area contributed by atoms with E-state index in [0.29, 0.717) is 23.9 Å². The van der Waals surface area contributed by atoms with E-state index in [0.717, 1.165) is 24.2 Å². The molecule has 0 fully saturated rings.